The summed E-state index contributed by atoms with van der Waals surface area (Å²) in [4.78, 5) is 0. The van der Waals surface area contributed by atoms with E-state index in [1.807, 2.05) is 0 Å². The molecule has 0 unspecified atom stereocenters. The normalized spacial score (nSPS) is 10.9. The Morgan fingerprint density at radius 2 is 1.70 bits per heavy atom. The van der Waals surface area contributed by atoms with Crippen LogP contribution < -0.4 is 0 Å². The van der Waals surface area contributed by atoms with E-state index in [0.717, 1.165) is 0 Å². The van der Waals surface area contributed by atoms with Crippen molar-refractivity contribution in [2.75, 3.05) is 0 Å². The van der Waals surface area contributed by atoms with Crippen molar-refractivity contribution in [1.82, 2.24) is 0 Å². The average Bonchev–Trinajstić information content (AvgIpc) is 2.40. The van der Waals surface area contributed by atoms with Crippen LogP contribution in [0.5, 0.6) is 11.5 Å². The van der Waals surface area contributed by atoms with Crippen LogP contribution in [0.25, 0.3) is 21.9 Å². The number of halogens is 2. The second-order valence-corrected chi connectivity index (χ2v) is 4.93. The summed E-state index contributed by atoms with van der Waals surface area (Å²) in [6.07, 6.45) is 0. The lowest BCUT2D eigenvalue weighted by molar-refractivity contribution is 0.474. The molecule has 0 spiro atoms. The predicted octanol–water partition coefficient (Wildman–Crippen LogP) is 4.71. The smallest absolute Gasteiger partial charge is 0.132 e. The summed E-state index contributed by atoms with van der Waals surface area (Å²) in [5, 5.41) is 21.2. The van der Waals surface area contributed by atoms with Crippen molar-refractivity contribution >= 4 is 22.4 Å². The minimum Gasteiger partial charge on any atom is -0.508 e. The molecule has 0 amide bonds. The summed E-state index contributed by atoms with van der Waals surface area (Å²) in [6.45, 7) is 0. The molecule has 0 aliphatic heterocycles. The van der Waals surface area contributed by atoms with Crippen molar-refractivity contribution in [1.29, 1.82) is 0 Å². The highest BCUT2D eigenvalue weighted by Gasteiger charge is 2.14. The van der Waals surface area contributed by atoms with Crippen LogP contribution in [-0.2, 0) is 0 Å². The van der Waals surface area contributed by atoms with Crippen LogP contribution in [0.1, 0.15) is 0 Å². The van der Waals surface area contributed by atoms with Gasteiger partial charge in [0.1, 0.15) is 17.3 Å². The molecule has 0 aliphatic rings. The summed E-state index contributed by atoms with van der Waals surface area (Å²) in [5.41, 5.74) is 0.653. The highest BCUT2D eigenvalue weighted by atomic mass is 35.5. The van der Waals surface area contributed by atoms with Crippen LogP contribution in [0, 0.1) is 5.82 Å². The Labute approximate surface area is 119 Å². The first-order valence-electron chi connectivity index (χ1n) is 5.96. The molecule has 0 aliphatic carbocycles. The molecule has 3 aromatic rings. The quantitative estimate of drug-likeness (QED) is 0.681. The molecule has 0 saturated heterocycles. The van der Waals surface area contributed by atoms with Crippen LogP contribution in [0.4, 0.5) is 4.39 Å². The van der Waals surface area contributed by atoms with Gasteiger partial charge in [-0.05, 0) is 53.2 Å². The van der Waals surface area contributed by atoms with Gasteiger partial charge >= 0.3 is 0 Å². The number of hydrogen-bond donors (Lipinski definition) is 2. The van der Waals surface area contributed by atoms with Crippen molar-refractivity contribution in [3.8, 4) is 22.6 Å². The van der Waals surface area contributed by atoms with Gasteiger partial charge in [0.05, 0.1) is 0 Å². The number of phenols is 2. The van der Waals surface area contributed by atoms with Gasteiger partial charge in [-0.15, -0.1) is 0 Å². The molecule has 0 bridgehead atoms. The summed E-state index contributed by atoms with van der Waals surface area (Å²) >= 11 is 5.75. The lowest BCUT2D eigenvalue weighted by atomic mass is 9.96. The predicted molar refractivity (Wildman–Crippen MR) is 77.7 cm³/mol. The van der Waals surface area contributed by atoms with E-state index in [9.17, 15) is 14.6 Å². The van der Waals surface area contributed by atoms with Gasteiger partial charge in [-0.1, -0.05) is 17.7 Å². The van der Waals surface area contributed by atoms with E-state index in [2.05, 4.69) is 0 Å². The lowest BCUT2D eigenvalue weighted by Gasteiger charge is -2.11. The average molecular weight is 289 g/mol. The third kappa shape index (κ3) is 2.06. The molecule has 3 rings (SSSR count). The van der Waals surface area contributed by atoms with Crippen molar-refractivity contribution in [3.63, 3.8) is 0 Å². The first kappa shape index (κ1) is 12.8. The van der Waals surface area contributed by atoms with Crippen LogP contribution in [0.2, 0.25) is 5.02 Å². The number of aromatic hydroxyl groups is 2. The van der Waals surface area contributed by atoms with E-state index in [-0.39, 0.29) is 17.1 Å². The number of phenolic OH excluding ortho intramolecular Hbond substituents is 2. The van der Waals surface area contributed by atoms with Crippen LogP contribution in [0.3, 0.4) is 0 Å². The third-order valence-corrected chi connectivity index (χ3v) is 3.42. The minimum absolute atomic E-state index is 0.0237. The number of benzene rings is 3. The topological polar surface area (TPSA) is 40.5 Å². The van der Waals surface area contributed by atoms with E-state index in [1.54, 1.807) is 24.3 Å². The van der Waals surface area contributed by atoms with Gasteiger partial charge in [0.15, 0.2) is 0 Å². The van der Waals surface area contributed by atoms with Gasteiger partial charge in [0.25, 0.3) is 0 Å². The Morgan fingerprint density at radius 1 is 0.900 bits per heavy atom. The Morgan fingerprint density at radius 3 is 2.45 bits per heavy atom. The van der Waals surface area contributed by atoms with Crippen molar-refractivity contribution in [3.05, 3.63) is 59.4 Å². The molecular formula is C16H10ClFO2. The van der Waals surface area contributed by atoms with Crippen molar-refractivity contribution in [2.45, 2.75) is 0 Å². The van der Waals surface area contributed by atoms with Crippen molar-refractivity contribution < 1.29 is 14.6 Å². The Kier molecular flexibility index (Phi) is 2.99. The highest BCUT2D eigenvalue weighted by molar-refractivity contribution is 6.30. The minimum atomic E-state index is -0.506. The van der Waals surface area contributed by atoms with Gasteiger partial charge in [0.2, 0.25) is 0 Å². The molecular weight excluding hydrogens is 279 g/mol. The molecule has 0 fully saturated rings. The highest BCUT2D eigenvalue weighted by Crippen LogP contribution is 2.39. The maximum atomic E-state index is 14.1. The van der Waals surface area contributed by atoms with E-state index in [1.165, 1.54) is 24.3 Å². The zero-order valence-electron chi connectivity index (χ0n) is 10.3. The second kappa shape index (κ2) is 4.69. The second-order valence-electron chi connectivity index (χ2n) is 4.49. The standard InChI is InChI=1S/C16H10ClFO2/c17-10-2-4-13(14(18)8-10)16-12-5-3-11(19)7-9(12)1-6-15(16)20/h1-8,19-20H. The molecule has 2 nitrogen and oxygen atoms in total. The molecule has 20 heavy (non-hydrogen) atoms. The van der Waals surface area contributed by atoms with E-state index >= 15 is 0 Å². The number of hydrogen-bond acceptors (Lipinski definition) is 2. The molecule has 2 N–H and O–H groups in total. The lowest BCUT2D eigenvalue weighted by Crippen LogP contribution is -1.87. The maximum Gasteiger partial charge on any atom is 0.132 e. The number of fused-ring (bicyclic) bond motifs is 1. The molecule has 3 aromatic carbocycles. The summed E-state index contributed by atoms with van der Waals surface area (Å²) in [6, 6.07) is 12.2. The summed E-state index contributed by atoms with van der Waals surface area (Å²) < 4.78 is 14.1. The maximum absolute atomic E-state index is 14.1. The zero-order valence-corrected chi connectivity index (χ0v) is 11.0. The first-order chi connectivity index (χ1) is 9.56. The van der Waals surface area contributed by atoms with Gasteiger partial charge in [-0.2, -0.15) is 0 Å². The third-order valence-electron chi connectivity index (χ3n) is 3.18. The fraction of sp³-hybridized carbons (Fsp3) is 0. The monoisotopic (exact) mass is 288 g/mol. The van der Waals surface area contributed by atoms with Crippen LogP contribution >= 0.6 is 11.6 Å². The van der Waals surface area contributed by atoms with E-state index < -0.39 is 5.82 Å². The molecule has 100 valence electrons. The van der Waals surface area contributed by atoms with Gasteiger partial charge < -0.3 is 10.2 Å². The zero-order chi connectivity index (χ0) is 14.3. The van der Waals surface area contributed by atoms with Gasteiger partial charge in [0, 0.05) is 16.1 Å². The Bertz CT molecular complexity index is 815. The van der Waals surface area contributed by atoms with E-state index in [0.29, 0.717) is 21.4 Å². The molecule has 0 radical (unpaired) electrons. The largest absolute Gasteiger partial charge is 0.508 e. The fourth-order valence-corrected chi connectivity index (χ4v) is 2.44. The van der Waals surface area contributed by atoms with E-state index in [4.69, 9.17) is 11.6 Å². The Balaban J connectivity index is 2.37. The van der Waals surface area contributed by atoms with Crippen LogP contribution in [-0.4, -0.2) is 10.2 Å². The Hall–Kier alpha value is -2.26. The molecule has 0 saturated carbocycles. The molecule has 0 heterocycles. The van der Waals surface area contributed by atoms with Gasteiger partial charge in [-0.3, -0.25) is 0 Å². The fourth-order valence-electron chi connectivity index (χ4n) is 2.28. The molecule has 4 heteroatoms. The van der Waals surface area contributed by atoms with Gasteiger partial charge in [-0.25, -0.2) is 4.39 Å². The van der Waals surface area contributed by atoms with Crippen LogP contribution in [0.15, 0.2) is 48.5 Å². The summed E-state index contributed by atoms with van der Waals surface area (Å²) in [5.74, 6) is -0.413. The molecule has 0 aromatic heterocycles. The first-order valence-corrected chi connectivity index (χ1v) is 6.34. The summed E-state index contributed by atoms with van der Waals surface area (Å²) in [7, 11) is 0. The molecule has 0 atom stereocenters. The van der Waals surface area contributed by atoms with Crippen molar-refractivity contribution in [2.24, 2.45) is 0 Å². The SMILES string of the molecule is Oc1ccc2c(-c3ccc(Cl)cc3F)c(O)ccc2c1. The number of rotatable bonds is 1.